The number of hydrogen-bond acceptors (Lipinski definition) is 2. The van der Waals surface area contributed by atoms with Gasteiger partial charge < -0.3 is 5.11 Å². The first kappa shape index (κ1) is 12.9. The lowest BCUT2D eigenvalue weighted by Crippen LogP contribution is -1.90. The summed E-state index contributed by atoms with van der Waals surface area (Å²) in [6.07, 6.45) is 0.898. The fraction of sp³-hybridized carbons (Fsp3) is 0.167. The summed E-state index contributed by atoms with van der Waals surface area (Å²) in [5, 5.41) is 17.1. The number of benzene rings is 1. The van der Waals surface area contributed by atoms with Gasteiger partial charge in [-0.25, -0.2) is 4.79 Å². The zero-order valence-electron chi connectivity index (χ0n) is 8.77. The van der Waals surface area contributed by atoms with Gasteiger partial charge in [0.05, 0.1) is 5.57 Å². The molecule has 15 heavy (non-hydrogen) atoms. The minimum atomic E-state index is -1.11. The summed E-state index contributed by atoms with van der Waals surface area (Å²) in [4.78, 5) is 10.3. The molecule has 0 bridgehead atoms. The molecule has 1 N–H and O–H groups in total. The molecule has 1 rings (SSSR count). The number of nitriles is 1. The van der Waals surface area contributed by atoms with Crippen molar-refractivity contribution < 1.29 is 9.90 Å². The summed E-state index contributed by atoms with van der Waals surface area (Å²) in [6.45, 7) is 4.00. The minimum Gasteiger partial charge on any atom is -0.478 e. The highest BCUT2D eigenvalue weighted by Crippen LogP contribution is 2.11. The lowest BCUT2D eigenvalue weighted by atomic mass is 10.1. The molecule has 0 atom stereocenters. The molecule has 0 aliphatic heterocycles. The Labute approximate surface area is 89.3 Å². The normalized spacial score (nSPS) is 9.53. The standard InChI is InChI=1S/C10H7NO2.C2H6/c11-7-9(6-10(12)13)8-4-2-1-3-5-8;1-2/h1-6H,(H,12,13);1-2H3. The van der Waals surface area contributed by atoms with Crippen LogP contribution in [0.3, 0.4) is 0 Å². The van der Waals surface area contributed by atoms with Gasteiger partial charge in [0.2, 0.25) is 0 Å². The fourth-order valence-electron chi connectivity index (χ4n) is 0.921. The number of nitrogens with zero attached hydrogens (tertiary/aromatic N) is 1. The predicted molar refractivity (Wildman–Crippen MR) is 59.0 cm³/mol. The lowest BCUT2D eigenvalue weighted by Gasteiger charge is -1.95. The number of hydrogen-bond donors (Lipinski definition) is 1. The molecule has 3 heteroatoms. The molecule has 0 spiro atoms. The van der Waals surface area contributed by atoms with Crippen LogP contribution in [0.2, 0.25) is 0 Å². The third kappa shape index (κ3) is 4.63. The smallest absolute Gasteiger partial charge is 0.329 e. The van der Waals surface area contributed by atoms with Crippen molar-refractivity contribution in [3.63, 3.8) is 0 Å². The largest absolute Gasteiger partial charge is 0.478 e. The summed E-state index contributed by atoms with van der Waals surface area (Å²) in [5.41, 5.74) is 0.778. The van der Waals surface area contributed by atoms with Crippen molar-refractivity contribution in [3.8, 4) is 6.07 Å². The topological polar surface area (TPSA) is 61.1 Å². The molecule has 0 aliphatic carbocycles. The molecule has 78 valence electrons. The highest BCUT2D eigenvalue weighted by Gasteiger charge is 2.01. The van der Waals surface area contributed by atoms with Crippen LogP contribution in [0.4, 0.5) is 0 Å². The molecular weight excluding hydrogens is 190 g/mol. The Kier molecular flexibility index (Phi) is 6.32. The van der Waals surface area contributed by atoms with Crippen LogP contribution in [-0.4, -0.2) is 11.1 Å². The van der Waals surface area contributed by atoms with Crippen LogP contribution < -0.4 is 0 Å². The van der Waals surface area contributed by atoms with Crippen LogP contribution in [0, 0.1) is 11.3 Å². The van der Waals surface area contributed by atoms with Gasteiger partial charge in [0.25, 0.3) is 0 Å². The van der Waals surface area contributed by atoms with Crippen molar-refractivity contribution in [1.29, 1.82) is 5.26 Å². The van der Waals surface area contributed by atoms with Crippen LogP contribution in [0.1, 0.15) is 19.4 Å². The second kappa shape index (κ2) is 7.34. The van der Waals surface area contributed by atoms with Crippen molar-refractivity contribution in [3.05, 3.63) is 42.0 Å². The van der Waals surface area contributed by atoms with E-state index in [0.717, 1.165) is 6.08 Å². The van der Waals surface area contributed by atoms with Gasteiger partial charge in [-0.3, -0.25) is 0 Å². The summed E-state index contributed by atoms with van der Waals surface area (Å²) in [7, 11) is 0. The Morgan fingerprint density at radius 3 is 2.27 bits per heavy atom. The number of carboxylic acids is 1. The van der Waals surface area contributed by atoms with Crippen LogP contribution in [0.5, 0.6) is 0 Å². The highest BCUT2D eigenvalue weighted by atomic mass is 16.4. The van der Waals surface area contributed by atoms with Gasteiger partial charge >= 0.3 is 5.97 Å². The van der Waals surface area contributed by atoms with Gasteiger partial charge in [-0.15, -0.1) is 0 Å². The summed E-state index contributed by atoms with van der Waals surface area (Å²) in [6, 6.07) is 10.5. The third-order valence-electron chi connectivity index (χ3n) is 1.47. The first-order valence-electron chi connectivity index (χ1n) is 4.64. The van der Waals surface area contributed by atoms with E-state index in [1.54, 1.807) is 30.3 Å². The Morgan fingerprint density at radius 1 is 1.33 bits per heavy atom. The van der Waals surface area contributed by atoms with E-state index in [1.165, 1.54) is 0 Å². The zero-order valence-corrected chi connectivity index (χ0v) is 8.77. The average molecular weight is 203 g/mol. The first-order chi connectivity index (χ1) is 7.24. The molecule has 0 fully saturated rings. The maximum Gasteiger partial charge on any atom is 0.329 e. The third-order valence-corrected chi connectivity index (χ3v) is 1.47. The molecule has 0 amide bonds. The van der Waals surface area contributed by atoms with Crippen LogP contribution in [0.15, 0.2) is 36.4 Å². The van der Waals surface area contributed by atoms with Crippen LogP contribution >= 0.6 is 0 Å². The zero-order chi connectivity index (χ0) is 11.7. The van der Waals surface area contributed by atoms with Crippen LogP contribution in [-0.2, 0) is 4.79 Å². The summed E-state index contributed by atoms with van der Waals surface area (Å²) in [5.74, 6) is -1.11. The van der Waals surface area contributed by atoms with Crippen molar-refractivity contribution in [2.24, 2.45) is 0 Å². The van der Waals surface area contributed by atoms with E-state index in [4.69, 9.17) is 10.4 Å². The second-order valence-electron chi connectivity index (χ2n) is 2.37. The summed E-state index contributed by atoms with van der Waals surface area (Å²) >= 11 is 0. The molecule has 1 aromatic rings. The number of carboxylic acid groups (broad SMARTS) is 1. The molecule has 0 saturated carbocycles. The van der Waals surface area contributed by atoms with Gasteiger partial charge in [0, 0.05) is 6.08 Å². The molecule has 0 aromatic heterocycles. The minimum absolute atomic E-state index is 0.160. The molecule has 0 radical (unpaired) electrons. The maximum absolute atomic E-state index is 10.3. The van der Waals surface area contributed by atoms with Crippen molar-refractivity contribution >= 4 is 11.5 Å². The Balaban J connectivity index is 0.000000921. The molecule has 0 saturated heterocycles. The van der Waals surface area contributed by atoms with Crippen molar-refractivity contribution in [2.75, 3.05) is 0 Å². The molecular formula is C12H13NO2. The van der Waals surface area contributed by atoms with Gasteiger partial charge in [0.1, 0.15) is 6.07 Å². The van der Waals surface area contributed by atoms with E-state index in [2.05, 4.69) is 0 Å². The Morgan fingerprint density at radius 2 is 1.87 bits per heavy atom. The van der Waals surface area contributed by atoms with Crippen LogP contribution in [0.25, 0.3) is 5.57 Å². The average Bonchev–Trinajstić information content (AvgIpc) is 2.29. The van der Waals surface area contributed by atoms with E-state index < -0.39 is 5.97 Å². The van der Waals surface area contributed by atoms with E-state index in [0.29, 0.717) is 5.56 Å². The van der Waals surface area contributed by atoms with Gasteiger partial charge in [0.15, 0.2) is 0 Å². The quantitative estimate of drug-likeness (QED) is 0.593. The molecule has 0 aliphatic rings. The molecule has 0 heterocycles. The van der Waals surface area contributed by atoms with E-state index in [-0.39, 0.29) is 5.57 Å². The van der Waals surface area contributed by atoms with Crippen molar-refractivity contribution in [2.45, 2.75) is 13.8 Å². The number of aliphatic carboxylic acids is 1. The predicted octanol–water partition coefficient (Wildman–Crippen LogP) is 2.70. The fourth-order valence-corrected chi connectivity index (χ4v) is 0.921. The molecule has 1 aromatic carbocycles. The lowest BCUT2D eigenvalue weighted by molar-refractivity contribution is -0.131. The number of allylic oxidation sites excluding steroid dienone is 1. The van der Waals surface area contributed by atoms with E-state index in [1.807, 2.05) is 19.9 Å². The van der Waals surface area contributed by atoms with E-state index >= 15 is 0 Å². The Bertz CT molecular complexity index is 374. The highest BCUT2D eigenvalue weighted by molar-refractivity contribution is 5.94. The number of carbonyl (C=O) groups is 1. The van der Waals surface area contributed by atoms with Gasteiger partial charge in [-0.05, 0) is 5.56 Å². The molecule has 0 unspecified atom stereocenters. The molecule has 3 nitrogen and oxygen atoms in total. The maximum atomic E-state index is 10.3. The summed E-state index contributed by atoms with van der Waals surface area (Å²) < 4.78 is 0. The first-order valence-corrected chi connectivity index (χ1v) is 4.64. The van der Waals surface area contributed by atoms with E-state index in [9.17, 15) is 4.79 Å². The van der Waals surface area contributed by atoms with Gasteiger partial charge in [-0.2, -0.15) is 5.26 Å². The SMILES string of the molecule is CC.N#CC(=CC(=O)O)c1ccccc1. The Hall–Kier alpha value is -2.08. The second-order valence-corrected chi connectivity index (χ2v) is 2.37. The van der Waals surface area contributed by atoms with Crippen molar-refractivity contribution in [1.82, 2.24) is 0 Å². The van der Waals surface area contributed by atoms with Gasteiger partial charge in [-0.1, -0.05) is 44.2 Å². The number of rotatable bonds is 2. The monoisotopic (exact) mass is 203 g/mol.